The first-order valence-electron chi connectivity index (χ1n) is 7.96. The molecule has 1 aliphatic rings. The van der Waals surface area contributed by atoms with Gasteiger partial charge in [0.05, 0.1) is 0 Å². The molecule has 1 aromatic rings. The van der Waals surface area contributed by atoms with E-state index < -0.39 is 0 Å². The fraction of sp³-hybridized carbons (Fsp3) is 0.688. The lowest BCUT2D eigenvalue weighted by Crippen LogP contribution is -2.42. The third-order valence-electron chi connectivity index (χ3n) is 3.90. The second-order valence-corrected chi connectivity index (χ2v) is 6.68. The summed E-state index contributed by atoms with van der Waals surface area (Å²) in [6.45, 7) is 7.86. The number of hydrogen-bond acceptors (Lipinski definition) is 3. The van der Waals surface area contributed by atoms with E-state index in [2.05, 4.69) is 44.3 Å². The van der Waals surface area contributed by atoms with Crippen LogP contribution in [0.3, 0.4) is 0 Å². The van der Waals surface area contributed by atoms with Crippen LogP contribution in [-0.4, -0.2) is 44.1 Å². The molecule has 1 fully saturated rings. The number of nitrogens with one attached hydrogen (secondary N) is 2. The second kappa shape index (κ2) is 11.2. The molecule has 0 amide bonds. The monoisotopic (exact) mass is 436 g/mol. The Hall–Kier alpha value is -0.340. The Balaban J connectivity index is 0.00000242. The topological polar surface area (TPSA) is 39.7 Å². The molecule has 0 bridgehead atoms. The molecule has 2 heterocycles. The summed E-state index contributed by atoms with van der Waals surface area (Å²) in [6, 6.07) is 2.14. The van der Waals surface area contributed by atoms with Crippen LogP contribution in [0.4, 0.5) is 0 Å². The van der Waals surface area contributed by atoms with Crippen LogP contribution in [-0.2, 0) is 6.54 Å². The van der Waals surface area contributed by atoms with Gasteiger partial charge in [-0.25, -0.2) is 0 Å². The van der Waals surface area contributed by atoms with Crippen LogP contribution in [0, 0.1) is 5.92 Å². The summed E-state index contributed by atoms with van der Waals surface area (Å²) in [5, 5.41) is 11.1. The summed E-state index contributed by atoms with van der Waals surface area (Å²) in [4.78, 5) is 6.89. The molecule has 0 radical (unpaired) electrons. The van der Waals surface area contributed by atoms with Crippen LogP contribution in [0.2, 0.25) is 0 Å². The molecule has 2 N–H and O–H groups in total. The van der Waals surface area contributed by atoms with Crippen LogP contribution in [0.25, 0.3) is 0 Å². The Kier molecular flexibility index (Phi) is 10.1. The molecular weight excluding hydrogens is 407 g/mol. The molecule has 22 heavy (non-hydrogen) atoms. The van der Waals surface area contributed by atoms with Gasteiger partial charge in [0.15, 0.2) is 5.96 Å². The van der Waals surface area contributed by atoms with Gasteiger partial charge in [-0.15, -0.1) is 24.0 Å². The minimum atomic E-state index is 0. The highest BCUT2D eigenvalue weighted by Gasteiger charge is 2.13. The van der Waals surface area contributed by atoms with Gasteiger partial charge in [-0.3, -0.25) is 4.99 Å². The predicted octanol–water partition coefficient (Wildman–Crippen LogP) is 3.15. The molecule has 0 aromatic carbocycles. The van der Waals surface area contributed by atoms with Gasteiger partial charge >= 0.3 is 0 Å². The smallest absolute Gasteiger partial charge is 0.191 e. The molecule has 4 nitrogen and oxygen atoms in total. The summed E-state index contributed by atoms with van der Waals surface area (Å²) >= 11 is 1.73. The normalized spacial score (nSPS) is 17.6. The number of hydrogen-bond donors (Lipinski definition) is 2. The standard InChI is InChI=1S/C16H28N4S.HI/c1-14(12-20-7-4-3-5-8-20)10-18-16(17-2)19-11-15-6-9-21-13-15;/h6,9,13-14H,3-5,7-8,10-12H2,1-2H3,(H2,17,18,19);1H. The minimum absolute atomic E-state index is 0. The third-order valence-corrected chi connectivity index (χ3v) is 4.63. The Morgan fingerprint density at radius 3 is 2.73 bits per heavy atom. The molecule has 0 aliphatic carbocycles. The Morgan fingerprint density at radius 1 is 1.32 bits per heavy atom. The summed E-state index contributed by atoms with van der Waals surface area (Å²) in [5.74, 6) is 1.54. The number of guanidine groups is 1. The molecule has 6 heteroatoms. The van der Waals surface area contributed by atoms with Crippen molar-refractivity contribution in [3.63, 3.8) is 0 Å². The number of thiophene rings is 1. The van der Waals surface area contributed by atoms with E-state index in [0.29, 0.717) is 5.92 Å². The number of aliphatic imine (C=N–C) groups is 1. The molecule has 126 valence electrons. The van der Waals surface area contributed by atoms with Gasteiger partial charge in [-0.05, 0) is 54.2 Å². The first kappa shape index (κ1) is 19.7. The van der Waals surface area contributed by atoms with Gasteiger partial charge in [0.2, 0.25) is 0 Å². The van der Waals surface area contributed by atoms with E-state index in [4.69, 9.17) is 0 Å². The predicted molar refractivity (Wildman–Crippen MR) is 107 cm³/mol. The van der Waals surface area contributed by atoms with Gasteiger partial charge in [0.25, 0.3) is 0 Å². The zero-order valence-electron chi connectivity index (χ0n) is 13.7. The van der Waals surface area contributed by atoms with E-state index >= 15 is 0 Å². The number of nitrogens with zero attached hydrogens (tertiary/aromatic N) is 2. The average molecular weight is 436 g/mol. The van der Waals surface area contributed by atoms with Crippen molar-refractivity contribution in [1.29, 1.82) is 0 Å². The van der Waals surface area contributed by atoms with Crippen molar-refractivity contribution >= 4 is 41.3 Å². The van der Waals surface area contributed by atoms with Gasteiger partial charge in [0, 0.05) is 26.7 Å². The summed E-state index contributed by atoms with van der Waals surface area (Å²) < 4.78 is 0. The zero-order valence-corrected chi connectivity index (χ0v) is 16.8. The number of likely N-dealkylation sites (tertiary alicyclic amines) is 1. The van der Waals surface area contributed by atoms with Crippen molar-refractivity contribution in [2.24, 2.45) is 10.9 Å². The minimum Gasteiger partial charge on any atom is -0.356 e. The van der Waals surface area contributed by atoms with Gasteiger partial charge < -0.3 is 15.5 Å². The summed E-state index contributed by atoms with van der Waals surface area (Å²) in [7, 11) is 1.83. The lowest BCUT2D eigenvalue weighted by molar-refractivity contribution is 0.201. The van der Waals surface area contributed by atoms with E-state index in [1.54, 1.807) is 11.3 Å². The van der Waals surface area contributed by atoms with Crippen LogP contribution < -0.4 is 10.6 Å². The van der Waals surface area contributed by atoms with Gasteiger partial charge in [0.1, 0.15) is 0 Å². The zero-order chi connectivity index (χ0) is 14.9. The molecule has 2 rings (SSSR count). The Bertz CT molecular complexity index is 416. The number of rotatable bonds is 6. The third kappa shape index (κ3) is 7.28. The van der Waals surface area contributed by atoms with Gasteiger partial charge in [-0.1, -0.05) is 13.3 Å². The van der Waals surface area contributed by atoms with Crippen molar-refractivity contribution < 1.29 is 0 Å². The van der Waals surface area contributed by atoms with Crippen molar-refractivity contribution in [3.8, 4) is 0 Å². The van der Waals surface area contributed by atoms with E-state index in [1.165, 1.54) is 44.5 Å². The molecular formula is C16H29IN4S. The quantitative estimate of drug-likeness (QED) is 0.409. The van der Waals surface area contributed by atoms with Crippen LogP contribution >= 0.6 is 35.3 Å². The molecule has 1 aromatic heterocycles. The SMILES string of the molecule is CN=C(NCc1ccsc1)NCC(C)CN1CCCCC1.I. The van der Waals surface area contributed by atoms with E-state index in [1.807, 2.05) is 7.05 Å². The Labute approximate surface area is 155 Å². The number of piperidine rings is 1. The lowest BCUT2D eigenvalue weighted by atomic mass is 10.1. The maximum atomic E-state index is 4.29. The van der Waals surface area contributed by atoms with Crippen LogP contribution in [0.1, 0.15) is 31.7 Å². The molecule has 1 saturated heterocycles. The van der Waals surface area contributed by atoms with Crippen molar-refractivity contribution in [2.45, 2.75) is 32.7 Å². The highest BCUT2D eigenvalue weighted by molar-refractivity contribution is 14.0. The fourth-order valence-electron chi connectivity index (χ4n) is 2.72. The molecule has 0 spiro atoms. The van der Waals surface area contributed by atoms with E-state index in [-0.39, 0.29) is 24.0 Å². The highest BCUT2D eigenvalue weighted by Crippen LogP contribution is 2.10. The Morgan fingerprint density at radius 2 is 2.09 bits per heavy atom. The average Bonchev–Trinajstić information content (AvgIpc) is 3.02. The maximum Gasteiger partial charge on any atom is 0.191 e. The fourth-order valence-corrected chi connectivity index (χ4v) is 3.39. The van der Waals surface area contributed by atoms with Crippen molar-refractivity contribution in [1.82, 2.24) is 15.5 Å². The second-order valence-electron chi connectivity index (χ2n) is 5.90. The van der Waals surface area contributed by atoms with Crippen molar-refractivity contribution in [2.75, 3.05) is 33.2 Å². The number of halogens is 1. The largest absolute Gasteiger partial charge is 0.356 e. The molecule has 0 saturated carbocycles. The van der Waals surface area contributed by atoms with Crippen molar-refractivity contribution in [3.05, 3.63) is 22.4 Å². The molecule has 1 aliphatic heterocycles. The van der Waals surface area contributed by atoms with Crippen LogP contribution in [0.5, 0.6) is 0 Å². The van der Waals surface area contributed by atoms with E-state index in [0.717, 1.165) is 19.0 Å². The molecule has 1 unspecified atom stereocenters. The van der Waals surface area contributed by atoms with Crippen LogP contribution in [0.15, 0.2) is 21.8 Å². The highest BCUT2D eigenvalue weighted by atomic mass is 127. The van der Waals surface area contributed by atoms with Gasteiger partial charge in [-0.2, -0.15) is 11.3 Å². The molecule has 1 atom stereocenters. The van der Waals surface area contributed by atoms with E-state index in [9.17, 15) is 0 Å². The summed E-state index contributed by atoms with van der Waals surface area (Å²) in [5.41, 5.74) is 1.31. The first-order valence-corrected chi connectivity index (χ1v) is 8.90. The maximum absolute atomic E-state index is 4.29. The first-order chi connectivity index (χ1) is 10.3. The summed E-state index contributed by atoms with van der Waals surface area (Å²) in [6.07, 6.45) is 4.14. The lowest BCUT2D eigenvalue weighted by Gasteiger charge is -2.29.